The first-order valence-electron chi connectivity index (χ1n) is 11.0. The topological polar surface area (TPSA) is 85.2 Å². The number of rotatable bonds is 4. The summed E-state index contributed by atoms with van der Waals surface area (Å²) >= 11 is 0. The molecule has 0 saturated carbocycles. The van der Waals surface area contributed by atoms with Gasteiger partial charge in [0, 0.05) is 60.9 Å². The highest BCUT2D eigenvalue weighted by Crippen LogP contribution is 2.31. The lowest BCUT2D eigenvalue weighted by Crippen LogP contribution is -2.50. The lowest BCUT2D eigenvalue weighted by Gasteiger charge is -2.38. The molecule has 0 unspecified atom stereocenters. The van der Waals surface area contributed by atoms with Crippen LogP contribution in [0.2, 0.25) is 0 Å². The Kier molecular flexibility index (Phi) is 5.27. The van der Waals surface area contributed by atoms with Gasteiger partial charge in [-0.25, -0.2) is 19.7 Å². The fraction of sp³-hybridized carbons (Fsp3) is 0.417. The molecular weight excluding hydrogens is 404 g/mol. The van der Waals surface area contributed by atoms with E-state index >= 15 is 0 Å². The van der Waals surface area contributed by atoms with Crippen LogP contribution in [0, 0.1) is 20.8 Å². The lowest BCUT2D eigenvalue weighted by molar-refractivity contribution is 0.0535. The third kappa shape index (κ3) is 3.69. The van der Waals surface area contributed by atoms with E-state index < -0.39 is 0 Å². The molecule has 1 saturated heterocycles. The summed E-state index contributed by atoms with van der Waals surface area (Å²) in [6.45, 7) is 11.3. The molecule has 0 amide bonds. The van der Waals surface area contributed by atoms with Gasteiger partial charge in [-0.05, 0) is 44.9 Å². The first-order valence-corrected chi connectivity index (χ1v) is 11.0. The third-order valence-corrected chi connectivity index (χ3v) is 6.61. The molecule has 1 N–H and O–H groups in total. The molecule has 4 heterocycles. The Morgan fingerprint density at radius 1 is 1.12 bits per heavy atom. The van der Waals surface area contributed by atoms with Crippen LogP contribution >= 0.6 is 0 Å². The molecule has 0 radical (unpaired) electrons. The highest BCUT2D eigenvalue weighted by molar-refractivity contribution is 5.94. The van der Waals surface area contributed by atoms with Crippen LogP contribution in [-0.4, -0.2) is 49.5 Å². The molecule has 2 atom stereocenters. The number of nitrogens with one attached hydrogen (secondary N) is 1. The smallest absolute Gasteiger partial charge is 0.338 e. The maximum Gasteiger partial charge on any atom is 0.338 e. The number of cyclic esters (lactones) is 1. The van der Waals surface area contributed by atoms with Crippen LogP contribution in [0.15, 0.2) is 30.9 Å². The Hall–Kier alpha value is -3.10. The summed E-state index contributed by atoms with van der Waals surface area (Å²) in [6, 6.07) is 4.51. The third-order valence-electron chi connectivity index (χ3n) is 6.61. The standard InChI is InChI=1S/C24H28N6O2/c1-14-9-29(10-18-7-25-24(26-8-18)30-13-27-16(3)17(30)4)11-22(28-14)19-5-6-20-21(15(19)2)12-32-23(20)31/h5-8,13-14,22,28H,9-12H2,1-4H3/t14-,22-/m0/s1. The van der Waals surface area contributed by atoms with Crippen LogP contribution < -0.4 is 5.32 Å². The maximum absolute atomic E-state index is 11.9. The van der Waals surface area contributed by atoms with E-state index in [0.717, 1.165) is 47.7 Å². The molecule has 32 heavy (non-hydrogen) atoms. The molecule has 3 aromatic rings. The molecule has 2 aromatic heterocycles. The van der Waals surface area contributed by atoms with Gasteiger partial charge < -0.3 is 10.1 Å². The predicted molar refractivity (Wildman–Crippen MR) is 120 cm³/mol. The minimum atomic E-state index is -0.217. The molecule has 0 spiro atoms. The second-order valence-electron chi connectivity index (χ2n) is 8.87. The van der Waals surface area contributed by atoms with Crippen molar-refractivity contribution in [2.24, 2.45) is 0 Å². The van der Waals surface area contributed by atoms with E-state index in [-0.39, 0.29) is 12.0 Å². The number of benzene rings is 1. The van der Waals surface area contributed by atoms with E-state index in [4.69, 9.17) is 4.74 Å². The van der Waals surface area contributed by atoms with Gasteiger partial charge in [0.1, 0.15) is 12.9 Å². The van der Waals surface area contributed by atoms with Crippen molar-refractivity contribution in [3.63, 3.8) is 0 Å². The van der Waals surface area contributed by atoms with Crippen LogP contribution in [0.1, 0.15) is 57.0 Å². The molecule has 1 aromatic carbocycles. The Balaban J connectivity index is 1.32. The summed E-state index contributed by atoms with van der Waals surface area (Å²) in [5.41, 5.74) is 7.22. The summed E-state index contributed by atoms with van der Waals surface area (Å²) in [5, 5.41) is 3.72. The number of esters is 1. The van der Waals surface area contributed by atoms with Gasteiger partial charge in [-0.1, -0.05) is 6.07 Å². The molecule has 0 aliphatic carbocycles. The van der Waals surface area contributed by atoms with Gasteiger partial charge in [-0.2, -0.15) is 0 Å². The minimum Gasteiger partial charge on any atom is -0.457 e. The normalized spacial score (nSPS) is 20.9. The van der Waals surface area contributed by atoms with Crippen molar-refractivity contribution >= 4 is 5.97 Å². The van der Waals surface area contributed by atoms with Gasteiger partial charge in [0.2, 0.25) is 5.95 Å². The Labute approximate surface area is 187 Å². The van der Waals surface area contributed by atoms with Crippen LogP contribution in [-0.2, 0) is 17.9 Å². The number of imidazole rings is 1. The maximum atomic E-state index is 11.9. The predicted octanol–water partition coefficient (Wildman–Crippen LogP) is 2.79. The zero-order valence-corrected chi connectivity index (χ0v) is 18.9. The zero-order valence-electron chi connectivity index (χ0n) is 18.9. The van der Waals surface area contributed by atoms with Gasteiger partial charge in [-0.3, -0.25) is 9.47 Å². The van der Waals surface area contributed by atoms with E-state index in [0.29, 0.717) is 24.2 Å². The van der Waals surface area contributed by atoms with Gasteiger partial charge in [-0.15, -0.1) is 0 Å². The molecular formula is C24H28N6O2. The summed E-state index contributed by atoms with van der Waals surface area (Å²) in [4.78, 5) is 27.8. The summed E-state index contributed by atoms with van der Waals surface area (Å²) in [5.74, 6) is 0.426. The van der Waals surface area contributed by atoms with Crippen molar-refractivity contribution < 1.29 is 9.53 Å². The van der Waals surface area contributed by atoms with Crippen LogP contribution in [0.3, 0.4) is 0 Å². The average molecular weight is 433 g/mol. The van der Waals surface area contributed by atoms with E-state index in [1.54, 1.807) is 6.33 Å². The second-order valence-corrected chi connectivity index (χ2v) is 8.87. The Morgan fingerprint density at radius 2 is 1.91 bits per heavy atom. The van der Waals surface area contributed by atoms with Crippen molar-refractivity contribution in [3.05, 3.63) is 70.1 Å². The first kappa shape index (κ1) is 20.8. The fourth-order valence-electron chi connectivity index (χ4n) is 4.74. The fourth-order valence-corrected chi connectivity index (χ4v) is 4.74. The van der Waals surface area contributed by atoms with Gasteiger partial charge in [0.15, 0.2) is 0 Å². The quantitative estimate of drug-likeness (QED) is 0.635. The number of piperazine rings is 1. The number of hydrogen-bond donors (Lipinski definition) is 1. The number of carbonyl (C=O) groups excluding carboxylic acids is 1. The number of fused-ring (bicyclic) bond motifs is 1. The lowest BCUT2D eigenvalue weighted by atomic mass is 9.92. The number of carbonyl (C=O) groups is 1. The van der Waals surface area contributed by atoms with Crippen molar-refractivity contribution in [2.45, 2.75) is 52.9 Å². The molecule has 2 aliphatic heterocycles. The second kappa shape index (κ2) is 8.11. The Morgan fingerprint density at radius 3 is 2.62 bits per heavy atom. The first-order chi connectivity index (χ1) is 15.4. The number of ether oxygens (including phenoxy) is 1. The molecule has 166 valence electrons. The molecule has 2 aliphatic rings. The van der Waals surface area contributed by atoms with Crippen molar-refractivity contribution in [1.29, 1.82) is 0 Å². The average Bonchev–Trinajstić information content (AvgIpc) is 3.31. The van der Waals surface area contributed by atoms with E-state index in [1.807, 2.05) is 36.9 Å². The van der Waals surface area contributed by atoms with E-state index in [2.05, 4.69) is 45.1 Å². The molecule has 8 heteroatoms. The minimum absolute atomic E-state index is 0.191. The van der Waals surface area contributed by atoms with E-state index in [9.17, 15) is 4.79 Å². The summed E-state index contributed by atoms with van der Waals surface area (Å²) in [6.07, 6.45) is 5.57. The highest BCUT2D eigenvalue weighted by Gasteiger charge is 2.30. The van der Waals surface area contributed by atoms with Crippen molar-refractivity contribution in [3.8, 4) is 5.95 Å². The van der Waals surface area contributed by atoms with Gasteiger partial charge in [0.05, 0.1) is 11.3 Å². The van der Waals surface area contributed by atoms with Crippen LogP contribution in [0.25, 0.3) is 5.95 Å². The monoisotopic (exact) mass is 432 g/mol. The number of hydrogen-bond acceptors (Lipinski definition) is 7. The van der Waals surface area contributed by atoms with Gasteiger partial charge in [0.25, 0.3) is 0 Å². The largest absolute Gasteiger partial charge is 0.457 e. The molecule has 1 fully saturated rings. The molecule has 8 nitrogen and oxygen atoms in total. The van der Waals surface area contributed by atoms with Crippen molar-refractivity contribution in [1.82, 2.24) is 29.7 Å². The molecule has 0 bridgehead atoms. The summed E-state index contributed by atoms with van der Waals surface area (Å²) in [7, 11) is 0. The van der Waals surface area contributed by atoms with Crippen molar-refractivity contribution in [2.75, 3.05) is 13.1 Å². The number of nitrogens with zero attached hydrogens (tertiary/aromatic N) is 5. The SMILES string of the molecule is Cc1ncn(-c2ncc(CN3C[C@@H](c4ccc5c(c4C)COC5=O)N[C@@H](C)C3)cn2)c1C. The summed E-state index contributed by atoms with van der Waals surface area (Å²) < 4.78 is 7.14. The van der Waals surface area contributed by atoms with Gasteiger partial charge >= 0.3 is 5.97 Å². The van der Waals surface area contributed by atoms with Crippen LogP contribution in [0.5, 0.6) is 0 Å². The molecule has 5 rings (SSSR count). The number of aryl methyl sites for hydroxylation is 1. The van der Waals surface area contributed by atoms with Crippen LogP contribution in [0.4, 0.5) is 0 Å². The Bertz CT molecular complexity index is 1170. The van der Waals surface area contributed by atoms with E-state index in [1.165, 1.54) is 5.56 Å². The zero-order chi connectivity index (χ0) is 22.4. The number of aromatic nitrogens is 4. The highest BCUT2D eigenvalue weighted by atomic mass is 16.5.